The number of thiazole rings is 1. The van der Waals surface area contributed by atoms with E-state index in [-0.39, 0.29) is 12.5 Å². The molecule has 1 amide bonds. The van der Waals surface area contributed by atoms with Gasteiger partial charge in [0.1, 0.15) is 5.75 Å². The molecule has 0 saturated heterocycles. The maximum Gasteiger partial charge on any atom is 0.262 e. The van der Waals surface area contributed by atoms with Crippen LogP contribution >= 0.6 is 22.9 Å². The van der Waals surface area contributed by atoms with Crippen molar-refractivity contribution in [2.45, 2.75) is 27.7 Å². The molecule has 0 bridgehead atoms. The first kappa shape index (κ1) is 20.4. The van der Waals surface area contributed by atoms with Crippen LogP contribution in [0.15, 0.2) is 36.4 Å². The molecule has 0 aliphatic rings. The van der Waals surface area contributed by atoms with E-state index >= 15 is 0 Å². The number of fused-ring (bicyclic) bond motifs is 1. The second-order valence-electron chi connectivity index (χ2n) is 7.17. The quantitative estimate of drug-likeness (QED) is 0.452. The average Bonchev–Trinajstić information content (AvgIpc) is 3.27. The van der Waals surface area contributed by atoms with Gasteiger partial charge in [-0.25, -0.2) is 9.67 Å². The van der Waals surface area contributed by atoms with Crippen molar-refractivity contribution in [3.63, 3.8) is 0 Å². The zero-order chi connectivity index (χ0) is 21.4. The molecule has 8 heteroatoms. The SMILES string of the molecule is Cc1cc(C)n(-c2nc3cc(C)c(NC(=O)COc4ccc(Cl)cc4)c(C)c3s2)n1. The van der Waals surface area contributed by atoms with E-state index < -0.39 is 0 Å². The topological polar surface area (TPSA) is 69.0 Å². The molecule has 4 aromatic rings. The molecule has 4 rings (SSSR count). The van der Waals surface area contributed by atoms with Crippen LogP contribution in [0.4, 0.5) is 5.69 Å². The van der Waals surface area contributed by atoms with E-state index in [1.54, 1.807) is 35.6 Å². The number of hydrogen-bond donors (Lipinski definition) is 1. The number of carbonyl (C=O) groups is 1. The number of rotatable bonds is 5. The van der Waals surface area contributed by atoms with Crippen LogP contribution in [0.5, 0.6) is 5.75 Å². The Hall–Kier alpha value is -2.90. The molecule has 0 saturated carbocycles. The summed E-state index contributed by atoms with van der Waals surface area (Å²) >= 11 is 7.43. The number of carbonyl (C=O) groups excluding carboxylic acids is 1. The number of nitrogens with one attached hydrogen (secondary N) is 1. The number of hydrogen-bond acceptors (Lipinski definition) is 5. The van der Waals surface area contributed by atoms with Gasteiger partial charge >= 0.3 is 0 Å². The van der Waals surface area contributed by atoms with Gasteiger partial charge in [-0.2, -0.15) is 5.10 Å². The normalized spacial score (nSPS) is 11.1. The van der Waals surface area contributed by atoms with Gasteiger partial charge in [-0.05, 0) is 75.2 Å². The number of amides is 1. The van der Waals surface area contributed by atoms with Crippen LogP contribution in [0.3, 0.4) is 0 Å². The molecule has 30 heavy (non-hydrogen) atoms. The predicted octanol–water partition coefficient (Wildman–Crippen LogP) is 5.39. The lowest BCUT2D eigenvalue weighted by Gasteiger charge is -2.13. The molecule has 154 valence electrons. The first-order valence-corrected chi connectivity index (χ1v) is 10.6. The summed E-state index contributed by atoms with van der Waals surface area (Å²) in [6.45, 7) is 7.85. The van der Waals surface area contributed by atoms with E-state index in [0.717, 1.165) is 43.6 Å². The molecule has 2 aromatic heterocycles. The highest BCUT2D eigenvalue weighted by molar-refractivity contribution is 7.21. The maximum atomic E-state index is 12.5. The molecule has 0 spiro atoms. The summed E-state index contributed by atoms with van der Waals surface area (Å²) in [5.41, 5.74) is 5.60. The Morgan fingerprint density at radius 1 is 1.17 bits per heavy atom. The second kappa shape index (κ2) is 8.08. The lowest BCUT2D eigenvalue weighted by Crippen LogP contribution is -2.21. The van der Waals surface area contributed by atoms with Gasteiger partial charge in [0.05, 0.1) is 15.9 Å². The summed E-state index contributed by atoms with van der Waals surface area (Å²) in [5, 5.41) is 8.94. The third-order valence-electron chi connectivity index (χ3n) is 4.74. The highest BCUT2D eigenvalue weighted by Crippen LogP contribution is 2.34. The zero-order valence-corrected chi connectivity index (χ0v) is 18.7. The summed E-state index contributed by atoms with van der Waals surface area (Å²) in [4.78, 5) is 17.2. The first-order chi connectivity index (χ1) is 14.3. The first-order valence-electron chi connectivity index (χ1n) is 9.44. The fourth-order valence-corrected chi connectivity index (χ4v) is 4.52. The molecule has 2 aromatic carbocycles. The van der Waals surface area contributed by atoms with Crippen LogP contribution < -0.4 is 10.1 Å². The minimum absolute atomic E-state index is 0.0851. The van der Waals surface area contributed by atoms with Crippen molar-refractivity contribution in [1.82, 2.24) is 14.8 Å². The molecule has 2 heterocycles. The van der Waals surface area contributed by atoms with Crippen LogP contribution in [-0.2, 0) is 4.79 Å². The van der Waals surface area contributed by atoms with Crippen molar-refractivity contribution in [3.05, 3.63) is 63.9 Å². The summed E-state index contributed by atoms with van der Waals surface area (Å²) in [5.74, 6) is 0.370. The molecule has 1 N–H and O–H groups in total. The molecule has 0 atom stereocenters. The minimum atomic E-state index is -0.223. The van der Waals surface area contributed by atoms with E-state index in [4.69, 9.17) is 21.3 Å². The number of aryl methyl sites for hydroxylation is 4. The van der Waals surface area contributed by atoms with Gasteiger partial charge in [-0.1, -0.05) is 22.9 Å². The van der Waals surface area contributed by atoms with Crippen molar-refractivity contribution in [2.24, 2.45) is 0 Å². The van der Waals surface area contributed by atoms with Gasteiger partial charge in [0, 0.05) is 16.4 Å². The van der Waals surface area contributed by atoms with Crippen molar-refractivity contribution >= 4 is 44.7 Å². The number of benzene rings is 2. The fourth-order valence-electron chi connectivity index (χ4n) is 3.33. The summed E-state index contributed by atoms with van der Waals surface area (Å²) in [7, 11) is 0. The van der Waals surface area contributed by atoms with E-state index in [0.29, 0.717) is 10.8 Å². The Morgan fingerprint density at radius 3 is 2.57 bits per heavy atom. The van der Waals surface area contributed by atoms with Crippen LogP contribution in [0.25, 0.3) is 15.3 Å². The van der Waals surface area contributed by atoms with E-state index in [1.165, 1.54) is 0 Å². The molecular formula is C22H21ClN4O2S. The smallest absolute Gasteiger partial charge is 0.262 e. The lowest BCUT2D eigenvalue weighted by atomic mass is 10.1. The van der Waals surface area contributed by atoms with Gasteiger partial charge in [0.2, 0.25) is 5.13 Å². The van der Waals surface area contributed by atoms with Gasteiger partial charge < -0.3 is 10.1 Å². The minimum Gasteiger partial charge on any atom is -0.484 e. The average molecular weight is 441 g/mol. The Labute approximate surface area is 183 Å². The predicted molar refractivity (Wildman–Crippen MR) is 121 cm³/mol. The van der Waals surface area contributed by atoms with Crippen molar-refractivity contribution in [2.75, 3.05) is 11.9 Å². The second-order valence-corrected chi connectivity index (χ2v) is 8.58. The number of anilines is 1. The van der Waals surface area contributed by atoms with Crippen LogP contribution in [0.2, 0.25) is 5.02 Å². The Morgan fingerprint density at radius 2 is 1.90 bits per heavy atom. The Balaban J connectivity index is 1.57. The van der Waals surface area contributed by atoms with Crippen molar-refractivity contribution < 1.29 is 9.53 Å². The third kappa shape index (κ3) is 4.04. The van der Waals surface area contributed by atoms with Crippen LogP contribution in [0, 0.1) is 27.7 Å². The molecular weight excluding hydrogens is 420 g/mol. The number of aromatic nitrogens is 3. The zero-order valence-electron chi connectivity index (χ0n) is 17.1. The monoisotopic (exact) mass is 440 g/mol. The molecule has 0 radical (unpaired) electrons. The van der Waals surface area contributed by atoms with E-state index in [2.05, 4.69) is 10.4 Å². The van der Waals surface area contributed by atoms with Gasteiger partial charge in [-0.15, -0.1) is 0 Å². The van der Waals surface area contributed by atoms with Crippen molar-refractivity contribution in [3.8, 4) is 10.9 Å². The maximum absolute atomic E-state index is 12.5. The Kier molecular flexibility index (Phi) is 5.49. The fraction of sp³-hybridized carbons (Fsp3) is 0.227. The Bertz CT molecular complexity index is 1240. The van der Waals surface area contributed by atoms with Crippen molar-refractivity contribution in [1.29, 1.82) is 0 Å². The molecule has 0 aliphatic heterocycles. The third-order valence-corrected chi connectivity index (χ3v) is 6.16. The van der Waals surface area contributed by atoms with Gasteiger partial charge in [0.15, 0.2) is 6.61 Å². The number of ether oxygens (including phenoxy) is 1. The number of nitrogens with zero attached hydrogens (tertiary/aromatic N) is 3. The molecule has 0 fully saturated rings. The van der Waals surface area contributed by atoms with Crippen LogP contribution in [0.1, 0.15) is 22.5 Å². The molecule has 6 nitrogen and oxygen atoms in total. The van der Waals surface area contributed by atoms with Gasteiger partial charge in [-0.3, -0.25) is 4.79 Å². The summed E-state index contributed by atoms with van der Waals surface area (Å²) < 4.78 is 8.43. The van der Waals surface area contributed by atoms with Gasteiger partial charge in [0.25, 0.3) is 5.91 Å². The molecule has 0 aliphatic carbocycles. The largest absolute Gasteiger partial charge is 0.484 e. The standard InChI is InChI=1S/C22H21ClN4O2S/c1-12-9-18-21(30-22(24-18)27-14(3)10-13(2)26-27)15(4)20(12)25-19(28)11-29-17-7-5-16(23)6-8-17/h5-10H,11H2,1-4H3,(H,25,28). The summed E-state index contributed by atoms with van der Waals surface area (Å²) in [6.07, 6.45) is 0. The number of halogens is 1. The van der Waals surface area contributed by atoms with E-state index in [9.17, 15) is 4.79 Å². The highest BCUT2D eigenvalue weighted by Gasteiger charge is 2.16. The van der Waals surface area contributed by atoms with Crippen LogP contribution in [-0.4, -0.2) is 27.3 Å². The highest BCUT2D eigenvalue weighted by atomic mass is 35.5. The summed E-state index contributed by atoms with van der Waals surface area (Å²) in [6, 6.07) is 10.9. The lowest BCUT2D eigenvalue weighted by molar-refractivity contribution is -0.118. The van der Waals surface area contributed by atoms with E-state index in [1.807, 2.05) is 44.5 Å². The molecule has 0 unspecified atom stereocenters.